The lowest BCUT2D eigenvalue weighted by Gasteiger charge is -1.73. The molecule has 0 atom stereocenters. The highest BCUT2D eigenvalue weighted by molar-refractivity contribution is 7.12. The van der Waals surface area contributed by atoms with Crippen LogP contribution in [0.5, 0.6) is 0 Å². The van der Waals surface area contributed by atoms with Gasteiger partial charge in [0.2, 0.25) is 0 Å². The molecule has 2 N–H and O–H groups in total. The van der Waals surface area contributed by atoms with E-state index >= 15 is 0 Å². The Balaban J connectivity index is 2.93. The van der Waals surface area contributed by atoms with Crippen molar-refractivity contribution in [3.63, 3.8) is 0 Å². The lowest BCUT2D eigenvalue weighted by Crippen LogP contribution is -1.75. The van der Waals surface area contributed by atoms with E-state index in [0.717, 1.165) is 4.88 Å². The topological polar surface area (TPSA) is 26.0 Å². The molecule has 0 bridgehead atoms. The molecule has 0 aliphatic heterocycles. The van der Waals surface area contributed by atoms with Crippen LogP contribution in [0, 0.1) is 18.9 Å². The maximum absolute atomic E-state index is 5.02. The van der Waals surface area contributed by atoms with E-state index < -0.39 is 0 Å². The van der Waals surface area contributed by atoms with Crippen molar-refractivity contribution < 1.29 is 0 Å². The first kappa shape index (κ1) is 6.18. The second-order valence-corrected chi connectivity index (χ2v) is 2.97. The smallest absolute Gasteiger partial charge is 0.0789 e. The van der Waals surface area contributed by atoms with Crippen molar-refractivity contribution in [2.75, 3.05) is 0 Å². The van der Waals surface area contributed by atoms with E-state index in [1.54, 1.807) is 11.3 Å². The normalized spacial score (nSPS) is 8.11. The summed E-state index contributed by atoms with van der Waals surface area (Å²) in [5, 5.41) is 0. The fourth-order valence-corrected chi connectivity index (χ4v) is 1.30. The Morgan fingerprint density at radius 1 is 1.56 bits per heavy atom. The molecule has 1 heterocycles. The van der Waals surface area contributed by atoms with Gasteiger partial charge in [0.1, 0.15) is 0 Å². The summed E-state index contributed by atoms with van der Waals surface area (Å²) in [5.41, 5.74) is 5.02. The maximum atomic E-state index is 5.02. The van der Waals surface area contributed by atoms with Gasteiger partial charge in [-0.2, -0.15) is 0 Å². The molecule has 2 heteroatoms. The molecular weight excluding hydrogens is 130 g/mol. The zero-order valence-electron chi connectivity index (χ0n) is 5.14. The zero-order chi connectivity index (χ0) is 6.69. The molecule has 1 nitrogen and oxygen atoms in total. The first-order valence-electron chi connectivity index (χ1n) is 2.61. The van der Waals surface area contributed by atoms with E-state index in [0.29, 0.717) is 0 Å². The van der Waals surface area contributed by atoms with Crippen LogP contribution in [-0.4, -0.2) is 0 Å². The quantitative estimate of drug-likeness (QED) is 0.423. The Labute approximate surface area is 58.5 Å². The summed E-state index contributed by atoms with van der Waals surface area (Å²) in [6, 6.07) is 6.36. The van der Waals surface area contributed by atoms with Crippen molar-refractivity contribution in [2.24, 2.45) is 5.73 Å². The van der Waals surface area contributed by atoms with E-state index in [4.69, 9.17) is 5.73 Å². The van der Waals surface area contributed by atoms with Crippen LogP contribution in [-0.2, 0) is 0 Å². The first-order chi connectivity index (χ1) is 4.33. The number of hydrogen-bond acceptors (Lipinski definition) is 2. The van der Waals surface area contributed by atoms with Crippen LogP contribution >= 0.6 is 11.3 Å². The minimum absolute atomic E-state index is 1.04. The van der Waals surface area contributed by atoms with E-state index in [2.05, 4.69) is 12.0 Å². The summed E-state index contributed by atoms with van der Waals surface area (Å²) < 4.78 is 0. The predicted octanol–water partition coefficient (Wildman–Crippen LogP) is 1.32. The molecular formula is C7H7NS. The zero-order valence-corrected chi connectivity index (χ0v) is 5.96. The molecule has 46 valence electrons. The Morgan fingerprint density at radius 3 is 2.78 bits per heavy atom. The first-order valence-corrected chi connectivity index (χ1v) is 3.42. The summed E-state index contributed by atoms with van der Waals surface area (Å²) in [4.78, 5) is 2.31. The maximum Gasteiger partial charge on any atom is 0.0789 e. The average Bonchev–Trinajstić information content (AvgIpc) is 2.17. The van der Waals surface area contributed by atoms with Crippen LogP contribution in [0.2, 0.25) is 0 Å². The van der Waals surface area contributed by atoms with Gasteiger partial charge < -0.3 is 5.73 Å². The molecule has 0 unspecified atom stereocenters. The number of thiophene rings is 1. The number of rotatable bonds is 0. The van der Waals surface area contributed by atoms with Gasteiger partial charge in [-0.05, 0) is 25.0 Å². The summed E-state index contributed by atoms with van der Waals surface area (Å²) in [7, 11) is 0. The van der Waals surface area contributed by atoms with Crippen LogP contribution in [0.3, 0.4) is 0 Å². The van der Waals surface area contributed by atoms with Crippen molar-refractivity contribution in [3.05, 3.63) is 21.9 Å². The minimum atomic E-state index is 1.04. The third-order valence-corrected chi connectivity index (χ3v) is 1.85. The molecule has 0 aliphatic carbocycles. The molecule has 1 aromatic heterocycles. The predicted molar refractivity (Wildman–Crippen MR) is 40.1 cm³/mol. The molecule has 1 aromatic rings. The summed E-state index contributed by atoms with van der Waals surface area (Å²) in [6.07, 6.45) is 0. The molecule has 0 amide bonds. The monoisotopic (exact) mass is 137 g/mol. The van der Waals surface area contributed by atoms with Crippen molar-refractivity contribution in [1.82, 2.24) is 0 Å². The minimum Gasteiger partial charge on any atom is -0.359 e. The van der Waals surface area contributed by atoms with Crippen LogP contribution in [0.25, 0.3) is 0 Å². The number of aryl methyl sites for hydroxylation is 1. The van der Waals surface area contributed by atoms with Gasteiger partial charge in [0.05, 0.1) is 4.88 Å². The molecule has 9 heavy (non-hydrogen) atoms. The molecule has 0 saturated heterocycles. The second-order valence-electron chi connectivity index (χ2n) is 1.68. The Kier molecular flexibility index (Phi) is 1.76. The highest BCUT2D eigenvalue weighted by Gasteiger charge is 1.88. The van der Waals surface area contributed by atoms with E-state index in [9.17, 15) is 0 Å². The molecule has 0 aliphatic rings. The van der Waals surface area contributed by atoms with Crippen LogP contribution in [0.4, 0.5) is 0 Å². The standard InChI is InChI=1S/C7H7NS/c1-6-2-3-7(9-6)4-5-8/h2-3H,8H2,1H3. The van der Waals surface area contributed by atoms with Crippen molar-refractivity contribution in [1.29, 1.82) is 0 Å². The largest absolute Gasteiger partial charge is 0.359 e. The van der Waals surface area contributed by atoms with Gasteiger partial charge in [-0.1, -0.05) is 0 Å². The van der Waals surface area contributed by atoms with Crippen LogP contribution in [0.1, 0.15) is 9.75 Å². The second kappa shape index (κ2) is 2.56. The molecule has 0 fully saturated rings. The molecule has 0 radical (unpaired) electrons. The number of hydrogen-bond donors (Lipinski definition) is 1. The Hall–Kier alpha value is -0.940. The van der Waals surface area contributed by atoms with E-state index in [1.165, 1.54) is 4.88 Å². The summed E-state index contributed by atoms with van der Waals surface area (Å²) >= 11 is 1.66. The number of nitrogens with two attached hydrogens (primary N) is 1. The van der Waals surface area contributed by atoms with Crippen LogP contribution < -0.4 is 5.73 Å². The molecule has 1 rings (SSSR count). The van der Waals surface area contributed by atoms with Gasteiger partial charge in [0.25, 0.3) is 0 Å². The lowest BCUT2D eigenvalue weighted by molar-refractivity contribution is 1.64. The Bertz CT molecular complexity index is 251. The Morgan fingerprint density at radius 2 is 2.33 bits per heavy atom. The van der Waals surface area contributed by atoms with Gasteiger partial charge in [0.15, 0.2) is 0 Å². The van der Waals surface area contributed by atoms with Gasteiger partial charge in [-0.15, -0.1) is 11.3 Å². The molecule has 0 spiro atoms. The van der Waals surface area contributed by atoms with E-state index in [1.807, 2.05) is 19.1 Å². The van der Waals surface area contributed by atoms with Gasteiger partial charge in [0, 0.05) is 10.9 Å². The lowest BCUT2D eigenvalue weighted by atomic mass is 10.4. The van der Waals surface area contributed by atoms with Crippen molar-refractivity contribution in [2.45, 2.75) is 6.92 Å². The fraction of sp³-hybridized carbons (Fsp3) is 0.143. The molecule has 0 aromatic carbocycles. The van der Waals surface area contributed by atoms with Crippen LogP contribution in [0.15, 0.2) is 12.1 Å². The third kappa shape index (κ3) is 1.48. The van der Waals surface area contributed by atoms with Gasteiger partial charge in [-0.3, -0.25) is 0 Å². The van der Waals surface area contributed by atoms with Gasteiger partial charge in [-0.25, -0.2) is 0 Å². The molecule has 0 saturated carbocycles. The highest BCUT2D eigenvalue weighted by atomic mass is 32.1. The fourth-order valence-electron chi connectivity index (χ4n) is 0.573. The van der Waals surface area contributed by atoms with Crippen molar-refractivity contribution >= 4 is 11.3 Å². The highest BCUT2D eigenvalue weighted by Crippen LogP contribution is 2.12. The van der Waals surface area contributed by atoms with Crippen molar-refractivity contribution in [3.8, 4) is 12.0 Å². The summed E-state index contributed by atoms with van der Waals surface area (Å²) in [5.74, 6) is 2.77. The summed E-state index contributed by atoms with van der Waals surface area (Å²) in [6.45, 7) is 2.05. The average molecular weight is 137 g/mol. The van der Waals surface area contributed by atoms with Gasteiger partial charge >= 0.3 is 0 Å². The SMILES string of the molecule is Cc1ccc(C#CN)s1. The van der Waals surface area contributed by atoms with E-state index in [-0.39, 0.29) is 0 Å². The third-order valence-electron chi connectivity index (χ3n) is 0.936.